The summed E-state index contributed by atoms with van der Waals surface area (Å²) in [6, 6.07) is 11.4. The number of nitrogens with two attached hydrogens (primary N) is 1. The number of halogens is 1. The number of aliphatic imine (C=N–C) groups is 1. The molecule has 0 atom stereocenters. The number of nitrogens with zero attached hydrogens (tertiary/aromatic N) is 6. The van der Waals surface area contributed by atoms with E-state index in [1.54, 1.807) is 4.52 Å². The predicted molar refractivity (Wildman–Crippen MR) is 148 cm³/mol. The summed E-state index contributed by atoms with van der Waals surface area (Å²) in [7, 11) is 0. The molecule has 0 radical (unpaired) electrons. The van der Waals surface area contributed by atoms with Crippen molar-refractivity contribution >= 4 is 46.5 Å². The summed E-state index contributed by atoms with van der Waals surface area (Å²) in [5.74, 6) is -0.0745. The Bertz CT molecular complexity index is 1660. The van der Waals surface area contributed by atoms with E-state index in [1.165, 1.54) is 29.9 Å². The van der Waals surface area contributed by atoms with Crippen LogP contribution < -0.4 is 11.1 Å². The molecule has 0 saturated carbocycles. The first kappa shape index (κ1) is 25.2. The van der Waals surface area contributed by atoms with Crippen LogP contribution in [0.4, 0.5) is 0 Å². The first-order valence-electron chi connectivity index (χ1n) is 11.5. The molecule has 4 heterocycles. The van der Waals surface area contributed by atoms with Crippen molar-refractivity contribution in [1.82, 2.24) is 29.9 Å². The lowest BCUT2D eigenvalue weighted by Gasteiger charge is -2.05. The number of aromatic nitrogens is 5. The van der Waals surface area contributed by atoms with E-state index in [0.29, 0.717) is 22.9 Å². The van der Waals surface area contributed by atoms with Gasteiger partial charge in [-0.3, -0.25) is 15.2 Å². The number of aryl methyl sites for hydroxylation is 1. The Morgan fingerprint density at radius 1 is 1.24 bits per heavy atom. The number of rotatable bonds is 8. The van der Waals surface area contributed by atoms with Crippen LogP contribution in [0.3, 0.4) is 0 Å². The van der Waals surface area contributed by atoms with E-state index in [4.69, 9.17) is 27.7 Å². The Morgan fingerprint density at radius 2 is 2.05 bits per heavy atom. The van der Waals surface area contributed by atoms with E-state index in [2.05, 4.69) is 25.4 Å². The van der Waals surface area contributed by atoms with E-state index >= 15 is 0 Å². The van der Waals surface area contributed by atoms with Crippen LogP contribution in [0.15, 0.2) is 66.2 Å². The third-order valence-electron chi connectivity index (χ3n) is 5.76. The fourth-order valence-corrected chi connectivity index (χ4v) is 5.20. The average Bonchev–Trinajstić information content (AvgIpc) is 3.48. The highest BCUT2D eigenvalue weighted by Crippen LogP contribution is 2.34. The SMILES string of the molecule is Cc1nn2ccc(CNC(=O)c3cnccn3)cc2c1-c1nc(Cc2ccc(Cl)cc2)c(C(N)=NC=N)s1. The topological polar surface area (TPSA) is 147 Å². The summed E-state index contributed by atoms with van der Waals surface area (Å²) in [4.78, 5) is 30.0. The van der Waals surface area contributed by atoms with Crippen LogP contribution in [-0.4, -0.2) is 42.6 Å². The van der Waals surface area contributed by atoms with Crippen LogP contribution in [0.5, 0.6) is 0 Å². The van der Waals surface area contributed by atoms with Crippen molar-refractivity contribution in [1.29, 1.82) is 5.41 Å². The molecule has 4 aromatic heterocycles. The molecular weight excluding hydrogens is 522 g/mol. The van der Waals surface area contributed by atoms with Crippen LogP contribution in [0.25, 0.3) is 16.1 Å². The number of carbonyl (C=O) groups is 1. The number of benzene rings is 1. The number of hydrogen-bond acceptors (Lipinski definition) is 7. The predicted octanol–water partition coefficient (Wildman–Crippen LogP) is 4.04. The first-order valence-corrected chi connectivity index (χ1v) is 12.7. The zero-order valence-corrected chi connectivity index (χ0v) is 21.8. The van der Waals surface area contributed by atoms with Crippen molar-refractivity contribution in [2.24, 2.45) is 10.7 Å². The van der Waals surface area contributed by atoms with Crippen molar-refractivity contribution in [2.75, 3.05) is 0 Å². The Balaban J connectivity index is 1.50. The molecule has 0 unspecified atom stereocenters. The monoisotopic (exact) mass is 543 g/mol. The van der Waals surface area contributed by atoms with Gasteiger partial charge in [0.25, 0.3) is 5.91 Å². The van der Waals surface area contributed by atoms with Crippen molar-refractivity contribution in [3.05, 3.63) is 99.3 Å². The van der Waals surface area contributed by atoms with Crippen LogP contribution >= 0.6 is 22.9 Å². The summed E-state index contributed by atoms with van der Waals surface area (Å²) >= 11 is 7.45. The zero-order valence-electron chi connectivity index (χ0n) is 20.2. The highest BCUT2D eigenvalue weighted by atomic mass is 35.5. The van der Waals surface area contributed by atoms with E-state index in [1.807, 2.05) is 49.5 Å². The second-order valence-electron chi connectivity index (χ2n) is 8.34. The Morgan fingerprint density at radius 3 is 2.79 bits per heavy atom. The van der Waals surface area contributed by atoms with Gasteiger partial charge < -0.3 is 11.1 Å². The molecule has 1 aromatic carbocycles. The summed E-state index contributed by atoms with van der Waals surface area (Å²) < 4.78 is 1.79. The van der Waals surface area contributed by atoms with Crippen molar-refractivity contribution in [3.63, 3.8) is 0 Å². The Kier molecular flexibility index (Phi) is 7.20. The molecule has 12 heteroatoms. The van der Waals surface area contributed by atoms with Crippen LogP contribution in [-0.2, 0) is 13.0 Å². The third kappa shape index (κ3) is 5.29. The molecule has 0 aliphatic rings. The van der Waals surface area contributed by atoms with Crippen LogP contribution in [0.2, 0.25) is 5.02 Å². The fourth-order valence-electron chi connectivity index (χ4n) is 3.97. The Hall–Kier alpha value is -4.48. The number of hydrogen-bond donors (Lipinski definition) is 3. The van der Waals surface area contributed by atoms with Crippen molar-refractivity contribution in [2.45, 2.75) is 19.9 Å². The third-order valence-corrected chi connectivity index (χ3v) is 7.15. The number of thiazole rings is 1. The van der Waals surface area contributed by atoms with E-state index < -0.39 is 0 Å². The number of amidine groups is 1. The average molecular weight is 544 g/mol. The second kappa shape index (κ2) is 10.9. The number of fused-ring (bicyclic) bond motifs is 1. The lowest BCUT2D eigenvalue weighted by molar-refractivity contribution is 0.0945. The minimum absolute atomic E-state index is 0.231. The van der Waals surface area contributed by atoms with Gasteiger partial charge in [-0.25, -0.2) is 19.5 Å². The van der Waals surface area contributed by atoms with E-state index in [-0.39, 0.29) is 17.4 Å². The molecule has 0 bridgehead atoms. The van der Waals surface area contributed by atoms with Crippen molar-refractivity contribution in [3.8, 4) is 10.6 Å². The maximum absolute atomic E-state index is 12.4. The van der Waals surface area contributed by atoms with Gasteiger partial charge in [-0.2, -0.15) is 5.10 Å². The molecular formula is C26H22ClN9OS. The number of pyridine rings is 1. The molecule has 0 fully saturated rings. The summed E-state index contributed by atoms with van der Waals surface area (Å²) in [5.41, 5.74) is 11.6. The van der Waals surface area contributed by atoms with Gasteiger partial charge in [0.15, 0.2) is 0 Å². The van der Waals surface area contributed by atoms with Gasteiger partial charge in [0.1, 0.15) is 22.9 Å². The van der Waals surface area contributed by atoms with Gasteiger partial charge in [-0.05, 0) is 42.3 Å². The van der Waals surface area contributed by atoms with Crippen molar-refractivity contribution < 1.29 is 4.79 Å². The van der Waals surface area contributed by atoms with E-state index in [9.17, 15) is 4.79 Å². The molecule has 0 spiro atoms. The quantitative estimate of drug-likeness (QED) is 0.199. The molecule has 190 valence electrons. The molecule has 5 aromatic rings. The highest BCUT2D eigenvalue weighted by molar-refractivity contribution is 7.17. The molecule has 0 aliphatic carbocycles. The summed E-state index contributed by atoms with van der Waals surface area (Å²) in [6.07, 6.45) is 7.71. The number of nitrogens with one attached hydrogen (secondary N) is 2. The van der Waals surface area contributed by atoms with Gasteiger partial charge >= 0.3 is 0 Å². The minimum atomic E-state index is -0.305. The molecule has 5 rings (SSSR count). The standard InChI is InChI=1S/C26H22ClN9OS/c1-15-22(21-11-17(6-9-36(21)35-15)12-32-25(37)20-13-30-7-8-31-20)26-34-19(23(38-26)24(29)33-14-28)10-16-2-4-18(27)5-3-16/h2-9,11,13-14H,10,12H2,1H3,(H,32,37)(H3,28,29,33). The largest absolute Gasteiger partial charge is 0.382 e. The smallest absolute Gasteiger partial charge is 0.271 e. The molecule has 10 nitrogen and oxygen atoms in total. The lowest BCUT2D eigenvalue weighted by atomic mass is 10.1. The highest BCUT2D eigenvalue weighted by Gasteiger charge is 2.21. The Labute approximate surface area is 226 Å². The van der Waals surface area contributed by atoms with Gasteiger partial charge in [-0.1, -0.05) is 23.7 Å². The molecule has 0 saturated heterocycles. The fraction of sp³-hybridized carbons (Fsp3) is 0.115. The maximum Gasteiger partial charge on any atom is 0.271 e. The van der Waals surface area contributed by atoms with Crippen LogP contribution in [0, 0.1) is 12.3 Å². The minimum Gasteiger partial charge on any atom is -0.382 e. The van der Waals surface area contributed by atoms with Gasteiger partial charge in [0.05, 0.1) is 33.5 Å². The van der Waals surface area contributed by atoms with Gasteiger partial charge in [-0.15, -0.1) is 11.3 Å². The molecule has 38 heavy (non-hydrogen) atoms. The molecule has 1 amide bonds. The zero-order chi connectivity index (χ0) is 26.6. The summed E-state index contributed by atoms with van der Waals surface area (Å²) in [6.45, 7) is 2.23. The molecule has 0 aliphatic heterocycles. The van der Waals surface area contributed by atoms with Crippen LogP contribution in [0.1, 0.15) is 37.9 Å². The lowest BCUT2D eigenvalue weighted by Crippen LogP contribution is -2.23. The van der Waals surface area contributed by atoms with Gasteiger partial charge in [0.2, 0.25) is 0 Å². The van der Waals surface area contributed by atoms with E-state index in [0.717, 1.165) is 44.9 Å². The first-order chi connectivity index (χ1) is 18.4. The summed E-state index contributed by atoms with van der Waals surface area (Å²) in [5, 5.41) is 16.3. The molecule has 4 N–H and O–H groups in total. The number of amides is 1. The van der Waals surface area contributed by atoms with Gasteiger partial charge in [0, 0.05) is 36.6 Å². The maximum atomic E-state index is 12.4. The normalized spacial score (nSPS) is 11.6. The second-order valence-corrected chi connectivity index (χ2v) is 9.78. The number of carbonyl (C=O) groups excluding carboxylic acids is 1.